The summed E-state index contributed by atoms with van der Waals surface area (Å²) in [6.07, 6.45) is 1.78. The van der Waals surface area contributed by atoms with Crippen molar-refractivity contribution in [3.05, 3.63) is 60.5 Å². The molecule has 0 atom stereocenters. The molecule has 1 heterocycles. The van der Waals surface area contributed by atoms with E-state index in [2.05, 4.69) is 5.32 Å². The molecule has 2 aromatic carbocycles. The summed E-state index contributed by atoms with van der Waals surface area (Å²) in [5.41, 5.74) is 1.54. The van der Waals surface area contributed by atoms with E-state index >= 15 is 0 Å². The van der Waals surface area contributed by atoms with Gasteiger partial charge in [0.15, 0.2) is 0 Å². The highest BCUT2D eigenvalue weighted by molar-refractivity contribution is 5.92. The zero-order chi connectivity index (χ0) is 16.2. The third kappa shape index (κ3) is 3.51. The van der Waals surface area contributed by atoms with Crippen molar-refractivity contribution < 1.29 is 13.9 Å². The molecular weight excluding hydrogens is 295 g/mol. The summed E-state index contributed by atoms with van der Waals surface area (Å²) in [6.45, 7) is 2.69. The second-order valence-electron chi connectivity index (χ2n) is 5.15. The van der Waals surface area contributed by atoms with Crippen molar-refractivity contribution in [2.75, 3.05) is 11.9 Å². The highest BCUT2D eigenvalue weighted by atomic mass is 19.1. The predicted octanol–water partition coefficient (Wildman–Crippen LogP) is 3.82. The Balaban J connectivity index is 1.68. The number of nitrogens with one attached hydrogen (secondary N) is 1. The van der Waals surface area contributed by atoms with Crippen LogP contribution in [-0.4, -0.2) is 17.1 Å². The monoisotopic (exact) mass is 312 g/mol. The van der Waals surface area contributed by atoms with Crippen LogP contribution in [0.15, 0.2) is 54.7 Å². The zero-order valence-corrected chi connectivity index (χ0v) is 12.8. The van der Waals surface area contributed by atoms with Gasteiger partial charge in [0.2, 0.25) is 5.91 Å². The third-order valence-electron chi connectivity index (χ3n) is 3.50. The Labute approximate surface area is 133 Å². The molecule has 0 spiro atoms. The van der Waals surface area contributed by atoms with Gasteiger partial charge in [-0.1, -0.05) is 0 Å². The normalized spacial score (nSPS) is 10.7. The van der Waals surface area contributed by atoms with Gasteiger partial charge in [-0.25, -0.2) is 4.39 Å². The summed E-state index contributed by atoms with van der Waals surface area (Å²) >= 11 is 0. The van der Waals surface area contributed by atoms with E-state index < -0.39 is 0 Å². The first-order chi connectivity index (χ1) is 11.2. The number of carbonyl (C=O) groups excluding carboxylic acids is 1. The number of hydrogen-bond donors (Lipinski definition) is 1. The summed E-state index contributed by atoms with van der Waals surface area (Å²) in [5.74, 6) is 0.342. The van der Waals surface area contributed by atoms with Gasteiger partial charge >= 0.3 is 0 Å². The fraction of sp³-hybridized carbons (Fsp3) is 0.167. The maximum Gasteiger partial charge on any atom is 0.244 e. The minimum atomic E-state index is -0.283. The third-order valence-corrected chi connectivity index (χ3v) is 3.50. The fourth-order valence-corrected chi connectivity index (χ4v) is 2.47. The number of rotatable bonds is 5. The Morgan fingerprint density at radius 3 is 2.70 bits per heavy atom. The number of amides is 1. The summed E-state index contributed by atoms with van der Waals surface area (Å²) in [7, 11) is 0. The van der Waals surface area contributed by atoms with Gasteiger partial charge in [-0.05, 0) is 55.5 Å². The van der Waals surface area contributed by atoms with Crippen LogP contribution in [-0.2, 0) is 11.3 Å². The molecule has 0 bridgehead atoms. The molecule has 118 valence electrons. The SMILES string of the molecule is CCOc1ccc(NC(=O)Cn2ccc3cc(F)ccc32)cc1. The molecule has 0 radical (unpaired) electrons. The molecule has 0 aliphatic heterocycles. The van der Waals surface area contributed by atoms with Crippen LogP contribution in [0.4, 0.5) is 10.1 Å². The maximum absolute atomic E-state index is 13.2. The van der Waals surface area contributed by atoms with Crippen LogP contribution in [0.5, 0.6) is 5.75 Å². The Bertz CT molecular complexity index is 825. The molecule has 0 fully saturated rings. The standard InChI is InChI=1S/C18H17FN2O2/c1-2-23-16-6-4-15(5-7-16)20-18(22)12-21-10-9-13-11-14(19)3-8-17(13)21/h3-11H,2,12H2,1H3,(H,20,22). The first-order valence-electron chi connectivity index (χ1n) is 7.43. The van der Waals surface area contributed by atoms with Gasteiger partial charge in [0.1, 0.15) is 18.1 Å². The van der Waals surface area contributed by atoms with E-state index in [1.807, 2.05) is 19.1 Å². The number of hydrogen-bond acceptors (Lipinski definition) is 2. The van der Waals surface area contributed by atoms with Gasteiger partial charge < -0.3 is 14.6 Å². The molecular formula is C18H17FN2O2. The van der Waals surface area contributed by atoms with Crippen LogP contribution in [0, 0.1) is 5.82 Å². The van der Waals surface area contributed by atoms with Crippen molar-refractivity contribution in [1.29, 1.82) is 0 Å². The lowest BCUT2D eigenvalue weighted by atomic mass is 10.2. The van der Waals surface area contributed by atoms with Crippen molar-refractivity contribution in [1.82, 2.24) is 4.57 Å². The highest BCUT2D eigenvalue weighted by Gasteiger charge is 2.07. The lowest BCUT2D eigenvalue weighted by molar-refractivity contribution is -0.116. The zero-order valence-electron chi connectivity index (χ0n) is 12.8. The minimum Gasteiger partial charge on any atom is -0.494 e. The number of aromatic nitrogens is 1. The average Bonchev–Trinajstić information content (AvgIpc) is 2.91. The van der Waals surface area contributed by atoms with Crippen LogP contribution >= 0.6 is 0 Å². The van der Waals surface area contributed by atoms with E-state index in [1.54, 1.807) is 35.0 Å². The fourth-order valence-electron chi connectivity index (χ4n) is 2.47. The van der Waals surface area contributed by atoms with E-state index in [0.29, 0.717) is 12.3 Å². The molecule has 0 saturated carbocycles. The van der Waals surface area contributed by atoms with Gasteiger partial charge in [0.05, 0.1) is 6.61 Å². The number of halogens is 1. The van der Waals surface area contributed by atoms with Crippen molar-refractivity contribution in [3.8, 4) is 5.75 Å². The van der Waals surface area contributed by atoms with Crippen LogP contribution in [0.25, 0.3) is 10.9 Å². The van der Waals surface area contributed by atoms with Crippen LogP contribution < -0.4 is 10.1 Å². The lowest BCUT2D eigenvalue weighted by Crippen LogP contribution is -2.18. The molecule has 0 unspecified atom stereocenters. The van der Waals surface area contributed by atoms with E-state index in [0.717, 1.165) is 16.7 Å². The molecule has 3 rings (SSSR count). The summed E-state index contributed by atoms with van der Waals surface area (Å²) < 4.78 is 20.3. The maximum atomic E-state index is 13.2. The molecule has 23 heavy (non-hydrogen) atoms. The number of fused-ring (bicyclic) bond motifs is 1. The Morgan fingerprint density at radius 2 is 1.96 bits per heavy atom. The average molecular weight is 312 g/mol. The number of nitrogens with zero attached hydrogens (tertiary/aromatic N) is 1. The van der Waals surface area contributed by atoms with E-state index in [4.69, 9.17) is 4.74 Å². The van der Waals surface area contributed by atoms with Gasteiger partial charge in [-0.15, -0.1) is 0 Å². The Kier molecular flexibility index (Phi) is 4.28. The minimum absolute atomic E-state index is 0.143. The molecule has 3 aromatic rings. The molecule has 1 N–H and O–H groups in total. The number of benzene rings is 2. The van der Waals surface area contributed by atoms with Crippen LogP contribution in [0.3, 0.4) is 0 Å². The molecule has 0 aliphatic rings. The van der Waals surface area contributed by atoms with Gasteiger partial charge in [-0.2, -0.15) is 0 Å². The first kappa shape index (κ1) is 15.1. The smallest absolute Gasteiger partial charge is 0.244 e. The summed E-state index contributed by atoms with van der Waals surface area (Å²) in [4.78, 5) is 12.2. The van der Waals surface area contributed by atoms with Gasteiger partial charge in [-0.3, -0.25) is 4.79 Å². The van der Waals surface area contributed by atoms with Gasteiger partial charge in [0, 0.05) is 22.8 Å². The number of ether oxygens (including phenoxy) is 1. The number of anilines is 1. The predicted molar refractivity (Wildman–Crippen MR) is 88.1 cm³/mol. The van der Waals surface area contributed by atoms with E-state index in [9.17, 15) is 9.18 Å². The molecule has 1 amide bonds. The summed E-state index contributed by atoms with van der Waals surface area (Å²) in [6, 6.07) is 13.5. The van der Waals surface area contributed by atoms with E-state index in [1.165, 1.54) is 12.1 Å². The van der Waals surface area contributed by atoms with Crippen molar-refractivity contribution in [2.45, 2.75) is 13.5 Å². The topological polar surface area (TPSA) is 43.3 Å². The summed E-state index contributed by atoms with van der Waals surface area (Å²) in [5, 5.41) is 3.61. The Hall–Kier alpha value is -2.82. The first-order valence-corrected chi connectivity index (χ1v) is 7.43. The molecule has 1 aromatic heterocycles. The number of carbonyl (C=O) groups is 1. The molecule has 0 aliphatic carbocycles. The highest BCUT2D eigenvalue weighted by Crippen LogP contribution is 2.18. The second kappa shape index (κ2) is 6.52. The van der Waals surface area contributed by atoms with E-state index in [-0.39, 0.29) is 18.3 Å². The molecule has 4 nitrogen and oxygen atoms in total. The molecule has 5 heteroatoms. The lowest BCUT2D eigenvalue weighted by Gasteiger charge is -2.08. The van der Waals surface area contributed by atoms with Gasteiger partial charge in [0.25, 0.3) is 0 Å². The van der Waals surface area contributed by atoms with Crippen molar-refractivity contribution in [2.24, 2.45) is 0 Å². The Morgan fingerprint density at radius 1 is 1.17 bits per heavy atom. The second-order valence-corrected chi connectivity index (χ2v) is 5.15. The van der Waals surface area contributed by atoms with Crippen LogP contribution in [0.1, 0.15) is 6.92 Å². The quantitative estimate of drug-likeness (QED) is 0.778. The largest absolute Gasteiger partial charge is 0.494 e. The molecule has 0 saturated heterocycles. The van der Waals surface area contributed by atoms with Crippen molar-refractivity contribution in [3.63, 3.8) is 0 Å². The van der Waals surface area contributed by atoms with Crippen molar-refractivity contribution >= 4 is 22.5 Å². The van der Waals surface area contributed by atoms with Crippen LogP contribution in [0.2, 0.25) is 0 Å².